The van der Waals surface area contributed by atoms with Gasteiger partial charge in [-0.1, -0.05) is 6.92 Å². The Morgan fingerprint density at radius 3 is 2.85 bits per heavy atom. The maximum absolute atomic E-state index is 13.1. The van der Waals surface area contributed by atoms with Crippen molar-refractivity contribution in [2.24, 2.45) is 5.92 Å². The van der Waals surface area contributed by atoms with Gasteiger partial charge >= 0.3 is 0 Å². The van der Waals surface area contributed by atoms with Gasteiger partial charge in [0.25, 0.3) is 5.91 Å². The predicted molar refractivity (Wildman–Crippen MR) is 78.0 cm³/mol. The van der Waals surface area contributed by atoms with Gasteiger partial charge < -0.3 is 16.0 Å². The molecule has 0 bridgehead atoms. The molecule has 1 fully saturated rings. The molecule has 1 aromatic rings. The van der Waals surface area contributed by atoms with Gasteiger partial charge in [0, 0.05) is 18.8 Å². The Morgan fingerprint density at radius 1 is 1.45 bits per heavy atom. The highest BCUT2D eigenvalue weighted by Crippen LogP contribution is 2.14. The van der Waals surface area contributed by atoms with Crippen molar-refractivity contribution in [3.05, 3.63) is 29.6 Å². The molecule has 1 aliphatic rings. The lowest BCUT2D eigenvalue weighted by Crippen LogP contribution is -2.34. The number of nitrogen functional groups attached to an aromatic ring is 1. The van der Waals surface area contributed by atoms with Crippen LogP contribution in [0.3, 0.4) is 0 Å². The van der Waals surface area contributed by atoms with E-state index in [0.717, 1.165) is 19.6 Å². The second-order valence-electron chi connectivity index (χ2n) is 5.55. The fraction of sp³-hybridized carbons (Fsp3) is 0.533. The van der Waals surface area contributed by atoms with Gasteiger partial charge in [-0.25, -0.2) is 4.39 Å². The summed E-state index contributed by atoms with van der Waals surface area (Å²) in [5, 5.41) is 2.83. The van der Waals surface area contributed by atoms with E-state index in [1.54, 1.807) is 0 Å². The molecular weight excluding hydrogens is 257 g/mol. The van der Waals surface area contributed by atoms with Crippen molar-refractivity contribution >= 4 is 11.6 Å². The predicted octanol–water partition coefficient (Wildman–Crippen LogP) is 1.87. The van der Waals surface area contributed by atoms with Crippen LogP contribution >= 0.6 is 0 Å². The lowest BCUT2D eigenvalue weighted by molar-refractivity contribution is 0.0945. The van der Waals surface area contributed by atoms with E-state index in [9.17, 15) is 9.18 Å². The van der Waals surface area contributed by atoms with E-state index in [4.69, 9.17) is 5.73 Å². The van der Waals surface area contributed by atoms with Gasteiger partial charge in [0.05, 0.1) is 5.56 Å². The minimum Gasteiger partial charge on any atom is -0.398 e. The Morgan fingerprint density at radius 2 is 2.15 bits per heavy atom. The van der Waals surface area contributed by atoms with E-state index in [1.807, 2.05) is 0 Å². The van der Waals surface area contributed by atoms with Crippen LogP contribution in [0.2, 0.25) is 0 Å². The first kappa shape index (κ1) is 14.8. The van der Waals surface area contributed by atoms with Crippen LogP contribution in [0.25, 0.3) is 0 Å². The molecular formula is C15H22FN3O. The van der Waals surface area contributed by atoms with E-state index >= 15 is 0 Å². The molecule has 2 rings (SSSR count). The number of hydrogen-bond acceptors (Lipinski definition) is 3. The average Bonchev–Trinajstić information content (AvgIpc) is 2.91. The van der Waals surface area contributed by atoms with Crippen LogP contribution in [0, 0.1) is 11.7 Å². The van der Waals surface area contributed by atoms with E-state index in [-0.39, 0.29) is 11.5 Å². The SMILES string of the molecule is CC(CNC(=O)c1cc(F)ccc1N)CN1CCCC1. The monoisotopic (exact) mass is 279 g/mol. The van der Waals surface area contributed by atoms with E-state index in [2.05, 4.69) is 17.1 Å². The number of anilines is 1. The first-order valence-corrected chi connectivity index (χ1v) is 7.12. The fourth-order valence-corrected chi connectivity index (χ4v) is 2.56. The number of carbonyl (C=O) groups excluding carboxylic acids is 1. The molecule has 20 heavy (non-hydrogen) atoms. The highest BCUT2D eigenvalue weighted by Gasteiger charge is 2.16. The lowest BCUT2D eigenvalue weighted by Gasteiger charge is -2.20. The second kappa shape index (κ2) is 6.70. The molecule has 1 aliphatic heterocycles. The van der Waals surface area contributed by atoms with E-state index < -0.39 is 5.82 Å². The van der Waals surface area contributed by atoms with E-state index in [1.165, 1.54) is 31.0 Å². The Kier molecular flexibility index (Phi) is 4.95. The Hall–Kier alpha value is -1.62. The van der Waals surface area contributed by atoms with Gasteiger partial charge in [-0.2, -0.15) is 0 Å². The van der Waals surface area contributed by atoms with Crippen molar-refractivity contribution in [1.82, 2.24) is 10.2 Å². The minimum absolute atomic E-state index is 0.207. The summed E-state index contributed by atoms with van der Waals surface area (Å²) < 4.78 is 13.1. The maximum Gasteiger partial charge on any atom is 0.253 e. The van der Waals surface area contributed by atoms with Gasteiger partial charge in [-0.3, -0.25) is 4.79 Å². The van der Waals surface area contributed by atoms with Crippen LogP contribution in [0.15, 0.2) is 18.2 Å². The molecule has 1 heterocycles. The molecule has 110 valence electrons. The molecule has 0 spiro atoms. The third-order valence-electron chi connectivity index (χ3n) is 3.64. The smallest absolute Gasteiger partial charge is 0.253 e. The molecule has 0 radical (unpaired) electrons. The molecule has 1 saturated heterocycles. The summed E-state index contributed by atoms with van der Waals surface area (Å²) in [7, 11) is 0. The average molecular weight is 279 g/mol. The quantitative estimate of drug-likeness (QED) is 0.809. The second-order valence-corrected chi connectivity index (χ2v) is 5.55. The first-order chi connectivity index (χ1) is 9.56. The molecule has 0 saturated carbocycles. The molecule has 3 N–H and O–H groups in total. The number of carbonyl (C=O) groups is 1. The first-order valence-electron chi connectivity index (χ1n) is 7.12. The summed E-state index contributed by atoms with van der Waals surface area (Å²) in [6, 6.07) is 3.84. The summed E-state index contributed by atoms with van der Waals surface area (Å²) in [5.74, 6) is -0.392. The van der Waals surface area contributed by atoms with Crippen LogP contribution in [-0.4, -0.2) is 37.0 Å². The number of rotatable bonds is 5. The number of amides is 1. The van der Waals surface area contributed by atoms with Gasteiger partial charge in [-0.15, -0.1) is 0 Å². The third-order valence-corrected chi connectivity index (χ3v) is 3.64. The maximum atomic E-state index is 13.1. The summed E-state index contributed by atoms with van der Waals surface area (Å²) in [6.45, 7) is 5.96. The van der Waals surface area contributed by atoms with Gasteiger partial charge in [-0.05, 0) is 50.0 Å². The Labute approximate surface area is 119 Å². The number of nitrogens with one attached hydrogen (secondary N) is 1. The number of benzene rings is 1. The highest BCUT2D eigenvalue weighted by molar-refractivity contribution is 5.99. The summed E-state index contributed by atoms with van der Waals surface area (Å²) in [6.07, 6.45) is 2.53. The van der Waals surface area contributed by atoms with Crippen LogP contribution in [-0.2, 0) is 0 Å². The molecule has 4 nitrogen and oxygen atoms in total. The van der Waals surface area contributed by atoms with Gasteiger partial charge in [0.2, 0.25) is 0 Å². The number of likely N-dealkylation sites (tertiary alicyclic amines) is 1. The molecule has 0 aromatic heterocycles. The normalized spacial score (nSPS) is 17.1. The molecule has 1 atom stereocenters. The fourth-order valence-electron chi connectivity index (χ4n) is 2.56. The summed E-state index contributed by atoms with van der Waals surface area (Å²) >= 11 is 0. The molecule has 1 amide bonds. The molecule has 1 unspecified atom stereocenters. The number of halogens is 1. The molecule has 5 heteroatoms. The molecule has 0 aliphatic carbocycles. The highest BCUT2D eigenvalue weighted by atomic mass is 19.1. The topological polar surface area (TPSA) is 58.4 Å². The zero-order valence-electron chi connectivity index (χ0n) is 11.9. The Balaban J connectivity index is 1.83. The van der Waals surface area contributed by atoms with Crippen LogP contribution in [0.1, 0.15) is 30.1 Å². The van der Waals surface area contributed by atoms with Crippen LogP contribution in [0.5, 0.6) is 0 Å². The van der Waals surface area contributed by atoms with Crippen LogP contribution in [0.4, 0.5) is 10.1 Å². The van der Waals surface area contributed by atoms with Crippen molar-refractivity contribution in [3.8, 4) is 0 Å². The van der Waals surface area contributed by atoms with Crippen molar-refractivity contribution in [2.45, 2.75) is 19.8 Å². The standard InChI is InChI=1S/C15H22FN3O/c1-11(10-19-6-2-3-7-19)9-18-15(20)13-8-12(16)4-5-14(13)17/h4-5,8,11H,2-3,6-7,9-10,17H2,1H3,(H,18,20). The number of hydrogen-bond donors (Lipinski definition) is 2. The minimum atomic E-state index is -0.450. The van der Waals surface area contributed by atoms with Crippen molar-refractivity contribution in [2.75, 3.05) is 31.9 Å². The number of nitrogens with zero attached hydrogens (tertiary/aromatic N) is 1. The lowest BCUT2D eigenvalue weighted by atomic mass is 10.1. The van der Waals surface area contributed by atoms with Crippen molar-refractivity contribution < 1.29 is 9.18 Å². The molecule has 1 aromatic carbocycles. The van der Waals surface area contributed by atoms with Gasteiger partial charge in [0.15, 0.2) is 0 Å². The summed E-state index contributed by atoms with van der Waals surface area (Å²) in [5.41, 5.74) is 6.20. The zero-order chi connectivity index (χ0) is 14.5. The van der Waals surface area contributed by atoms with Crippen molar-refractivity contribution in [1.29, 1.82) is 0 Å². The summed E-state index contributed by atoms with van der Waals surface area (Å²) in [4.78, 5) is 14.4. The zero-order valence-corrected chi connectivity index (χ0v) is 11.9. The van der Waals surface area contributed by atoms with Crippen LogP contribution < -0.4 is 11.1 Å². The van der Waals surface area contributed by atoms with Gasteiger partial charge in [0.1, 0.15) is 5.82 Å². The number of nitrogens with two attached hydrogens (primary N) is 1. The van der Waals surface area contributed by atoms with Crippen molar-refractivity contribution in [3.63, 3.8) is 0 Å². The third kappa shape index (κ3) is 3.93. The Bertz CT molecular complexity index is 472. The largest absolute Gasteiger partial charge is 0.398 e. The van der Waals surface area contributed by atoms with E-state index in [0.29, 0.717) is 18.2 Å².